The zero-order valence-corrected chi connectivity index (χ0v) is 19.1. The number of nitrogens with zero attached hydrogens (tertiary/aromatic N) is 2. The molecule has 2 amide bonds. The summed E-state index contributed by atoms with van der Waals surface area (Å²) in [7, 11) is 0. The largest absolute Gasteiger partial charge is 0.494 e. The van der Waals surface area contributed by atoms with Crippen molar-refractivity contribution in [3.63, 3.8) is 0 Å². The van der Waals surface area contributed by atoms with Crippen LogP contribution in [0.25, 0.3) is 6.08 Å². The molecule has 0 radical (unpaired) electrons. The van der Waals surface area contributed by atoms with Gasteiger partial charge in [-0.15, -0.1) is 0 Å². The van der Waals surface area contributed by atoms with Crippen molar-refractivity contribution in [2.24, 2.45) is 0 Å². The number of fused-ring (bicyclic) bond motifs is 1. The van der Waals surface area contributed by atoms with Crippen LogP contribution in [0.4, 0.5) is 0 Å². The van der Waals surface area contributed by atoms with Gasteiger partial charge >= 0.3 is 5.97 Å². The number of carbonyl (C=O) groups excluding carboxylic acids is 3. The maximum atomic E-state index is 12.4. The van der Waals surface area contributed by atoms with Crippen molar-refractivity contribution in [3.8, 4) is 11.8 Å². The number of halogens is 1. The van der Waals surface area contributed by atoms with Gasteiger partial charge in [0.1, 0.15) is 17.4 Å². The van der Waals surface area contributed by atoms with Gasteiger partial charge in [-0.05, 0) is 54.8 Å². The van der Waals surface area contributed by atoms with Gasteiger partial charge in [-0.1, -0.05) is 35.0 Å². The Hall–Kier alpha value is -3.44. The molecule has 0 spiro atoms. The summed E-state index contributed by atoms with van der Waals surface area (Å²) in [5, 5.41) is 9.30. The Balaban J connectivity index is 1.52. The maximum Gasteiger partial charge on any atom is 0.348 e. The quantitative estimate of drug-likeness (QED) is 0.168. The average Bonchev–Trinajstić information content (AvgIpc) is 3.03. The van der Waals surface area contributed by atoms with Crippen molar-refractivity contribution in [1.29, 1.82) is 5.26 Å². The predicted octanol–water partition coefficient (Wildman–Crippen LogP) is 4.37. The highest BCUT2D eigenvalue weighted by molar-refractivity contribution is 9.10. The number of nitriles is 1. The van der Waals surface area contributed by atoms with E-state index in [4.69, 9.17) is 9.47 Å². The van der Waals surface area contributed by atoms with Gasteiger partial charge in [-0.2, -0.15) is 5.26 Å². The minimum atomic E-state index is -0.759. The molecule has 1 aliphatic heterocycles. The third-order valence-electron chi connectivity index (χ3n) is 4.70. The number of esters is 1. The molecular weight excluding hydrogens is 476 g/mol. The van der Waals surface area contributed by atoms with Gasteiger partial charge in [-0.3, -0.25) is 14.5 Å². The monoisotopic (exact) mass is 496 g/mol. The Morgan fingerprint density at radius 1 is 1.09 bits per heavy atom. The summed E-state index contributed by atoms with van der Waals surface area (Å²) in [5.41, 5.74) is 1.23. The van der Waals surface area contributed by atoms with E-state index >= 15 is 0 Å². The van der Waals surface area contributed by atoms with E-state index in [1.807, 2.05) is 13.0 Å². The molecule has 0 saturated carbocycles. The molecule has 0 aromatic heterocycles. The molecule has 2 aromatic rings. The Bertz CT molecular complexity index is 1100. The maximum absolute atomic E-state index is 12.4. The van der Waals surface area contributed by atoms with Crippen LogP contribution in [-0.4, -0.2) is 42.4 Å². The molecule has 8 heteroatoms. The molecule has 7 nitrogen and oxygen atoms in total. The minimum Gasteiger partial charge on any atom is -0.494 e. The number of rotatable bonds is 9. The molecule has 164 valence electrons. The highest BCUT2D eigenvalue weighted by Crippen LogP contribution is 2.26. The van der Waals surface area contributed by atoms with Crippen LogP contribution in [0.2, 0.25) is 0 Å². The molecule has 1 heterocycles. The lowest BCUT2D eigenvalue weighted by Gasteiger charge is -2.13. The van der Waals surface area contributed by atoms with Gasteiger partial charge in [0.2, 0.25) is 0 Å². The molecule has 2 aromatic carbocycles. The number of imide groups is 1. The summed E-state index contributed by atoms with van der Waals surface area (Å²) >= 11 is 3.29. The summed E-state index contributed by atoms with van der Waals surface area (Å²) in [6, 6.07) is 13.8. The van der Waals surface area contributed by atoms with Gasteiger partial charge in [0.15, 0.2) is 0 Å². The van der Waals surface area contributed by atoms with Crippen LogP contribution >= 0.6 is 15.9 Å². The second-order valence-corrected chi connectivity index (χ2v) is 7.94. The van der Waals surface area contributed by atoms with Gasteiger partial charge < -0.3 is 9.47 Å². The molecule has 0 bridgehead atoms. The summed E-state index contributed by atoms with van der Waals surface area (Å²) in [6.07, 6.45) is 2.60. The number of amides is 2. The van der Waals surface area contributed by atoms with Crippen molar-refractivity contribution in [1.82, 2.24) is 4.90 Å². The smallest absolute Gasteiger partial charge is 0.348 e. The van der Waals surface area contributed by atoms with E-state index in [1.165, 1.54) is 6.08 Å². The predicted molar refractivity (Wildman–Crippen MR) is 121 cm³/mol. The lowest BCUT2D eigenvalue weighted by molar-refractivity contribution is -0.138. The summed E-state index contributed by atoms with van der Waals surface area (Å²) in [6.45, 7) is 2.71. The van der Waals surface area contributed by atoms with E-state index < -0.39 is 5.97 Å². The average molecular weight is 497 g/mol. The van der Waals surface area contributed by atoms with E-state index in [-0.39, 0.29) is 37.0 Å². The van der Waals surface area contributed by atoms with Crippen molar-refractivity contribution in [2.75, 3.05) is 19.8 Å². The number of hydrogen-bond acceptors (Lipinski definition) is 6. The third-order valence-corrected chi connectivity index (χ3v) is 5.19. The normalized spacial score (nSPS) is 13.0. The third kappa shape index (κ3) is 5.42. The second-order valence-electron chi connectivity index (χ2n) is 7.03. The van der Waals surface area contributed by atoms with Crippen LogP contribution in [0.1, 0.15) is 46.0 Å². The molecule has 0 aliphatic carbocycles. The van der Waals surface area contributed by atoms with E-state index in [1.54, 1.807) is 42.5 Å². The fourth-order valence-corrected chi connectivity index (χ4v) is 3.48. The van der Waals surface area contributed by atoms with Crippen molar-refractivity contribution in [2.45, 2.75) is 19.8 Å². The van der Waals surface area contributed by atoms with Crippen LogP contribution < -0.4 is 4.74 Å². The Morgan fingerprint density at radius 3 is 2.50 bits per heavy atom. The molecule has 0 N–H and O–H groups in total. The van der Waals surface area contributed by atoms with Crippen LogP contribution in [0.5, 0.6) is 5.75 Å². The highest BCUT2D eigenvalue weighted by atomic mass is 79.9. The van der Waals surface area contributed by atoms with Crippen molar-refractivity contribution >= 4 is 39.8 Å². The van der Waals surface area contributed by atoms with Gasteiger partial charge in [0, 0.05) is 11.0 Å². The Morgan fingerprint density at radius 2 is 1.81 bits per heavy atom. The fraction of sp³-hybridized carbons (Fsp3) is 0.250. The first-order chi connectivity index (χ1) is 15.4. The topological polar surface area (TPSA) is 96.7 Å². The van der Waals surface area contributed by atoms with Crippen LogP contribution in [0.15, 0.2) is 52.5 Å². The molecule has 3 rings (SSSR count). The number of hydrogen-bond donors (Lipinski definition) is 0. The molecular formula is C24H21BrN2O5. The fourth-order valence-electron chi connectivity index (χ4n) is 3.12. The van der Waals surface area contributed by atoms with Crippen molar-refractivity contribution in [3.05, 3.63) is 69.2 Å². The lowest BCUT2D eigenvalue weighted by Crippen LogP contribution is -2.31. The zero-order chi connectivity index (χ0) is 23.1. The number of benzene rings is 2. The standard InChI is InChI=1S/C24H21BrN2O5/c1-2-11-31-19-7-4-16(5-8-19)13-17(15-26)24(30)32-12-3-10-27-22(28)20-9-6-18(25)14-21(20)23(27)29/h4-9,13-14H,2-3,10-12H2,1H3. The first-order valence-electron chi connectivity index (χ1n) is 10.1. The second kappa shape index (κ2) is 10.7. The molecule has 0 atom stereocenters. The summed E-state index contributed by atoms with van der Waals surface area (Å²) in [5.74, 6) is -0.787. The van der Waals surface area contributed by atoms with Gasteiger partial charge in [0.05, 0.1) is 24.3 Å². The highest BCUT2D eigenvalue weighted by Gasteiger charge is 2.35. The van der Waals surface area contributed by atoms with E-state index in [9.17, 15) is 19.6 Å². The zero-order valence-electron chi connectivity index (χ0n) is 17.5. The Kier molecular flexibility index (Phi) is 7.79. The summed E-state index contributed by atoms with van der Waals surface area (Å²) in [4.78, 5) is 38.2. The molecule has 0 unspecified atom stereocenters. The molecule has 1 aliphatic rings. The first-order valence-corrected chi connectivity index (χ1v) is 10.9. The minimum absolute atomic E-state index is 0.0290. The molecule has 0 saturated heterocycles. The summed E-state index contributed by atoms with van der Waals surface area (Å²) < 4.78 is 11.4. The van der Waals surface area contributed by atoms with Gasteiger partial charge in [-0.25, -0.2) is 4.79 Å². The number of ether oxygens (including phenoxy) is 2. The lowest BCUT2D eigenvalue weighted by atomic mass is 10.1. The van der Waals surface area contributed by atoms with Crippen LogP contribution in [0, 0.1) is 11.3 Å². The molecule has 32 heavy (non-hydrogen) atoms. The first kappa shape index (κ1) is 23.2. The number of carbonyl (C=O) groups is 3. The van der Waals surface area contributed by atoms with Gasteiger partial charge in [0.25, 0.3) is 11.8 Å². The Labute approximate surface area is 194 Å². The SMILES string of the molecule is CCCOc1ccc(C=C(C#N)C(=O)OCCCN2C(=O)c3ccc(Br)cc3C2=O)cc1. The van der Waals surface area contributed by atoms with E-state index in [2.05, 4.69) is 15.9 Å². The molecule has 0 fully saturated rings. The van der Waals surface area contributed by atoms with Crippen LogP contribution in [-0.2, 0) is 9.53 Å². The van der Waals surface area contributed by atoms with E-state index in [0.717, 1.165) is 11.3 Å². The van der Waals surface area contributed by atoms with E-state index in [0.29, 0.717) is 33.5 Å². The van der Waals surface area contributed by atoms with Crippen LogP contribution in [0.3, 0.4) is 0 Å². The van der Waals surface area contributed by atoms with Crippen molar-refractivity contribution < 1.29 is 23.9 Å².